The Morgan fingerprint density at radius 2 is 2.11 bits per heavy atom. The van der Waals surface area contributed by atoms with E-state index in [1.165, 1.54) is 6.08 Å². The minimum absolute atomic E-state index is 0.213. The first-order valence-electron chi connectivity index (χ1n) is 11.2. The Morgan fingerprint density at radius 3 is 2.86 bits per heavy atom. The summed E-state index contributed by atoms with van der Waals surface area (Å²) in [5.41, 5.74) is 2.38. The molecule has 0 saturated heterocycles. The number of nitriles is 1. The molecule has 1 spiro atoms. The predicted octanol–water partition coefficient (Wildman–Crippen LogP) is 2.41. The topological polar surface area (TPSA) is 138 Å². The number of nitrogens with one attached hydrogen (secondary N) is 2. The molecule has 3 N–H and O–H groups in total. The third kappa shape index (κ3) is 5.03. The van der Waals surface area contributed by atoms with Crippen LogP contribution in [-0.4, -0.2) is 49.8 Å². The van der Waals surface area contributed by atoms with Crippen LogP contribution in [0.4, 0.5) is 5.69 Å². The SMILES string of the molecule is COCCNC(=O)c1ccc2c(c1)[C@]1(CO2)C[C@H]1C(=O)Nc1cc(C#N)ccc1CC=CC(=O)O. The second-order valence-corrected chi connectivity index (χ2v) is 8.58. The number of anilines is 1. The fourth-order valence-corrected chi connectivity index (χ4v) is 4.39. The van der Waals surface area contributed by atoms with Gasteiger partial charge in [0.1, 0.15) is 5.75 Å². The van der Waals surface area contributed by atoms with E-state index >= 15 is 0 Å². The van der Waals surface area contributed by atoms with Crippen molar-refractivity contribution >= 4 is 23.5 Å². The van der Waals surface area contributed by atoms with Gasteiger partial charge in [0.25, 0.3) is 5.91 Å². The Labute approximate surface area is 202 Å². The summed E-state index contributed by atoms with van der Waals surface area (Å²) in [6, 6.07) is 12.2. The molecule has 180 valence electrons. The second kappa shape index (κ2) is 9.99. The summed E-state index contributed by atoms with van der Waals surface area (Å²) in [5, 5.41) is 23.8. The monoisotopic (exact) mass is 475 g/mol. The summed E-state index contributed by atoms with van der Waals surface area (Å²) in [4.78, 5) is 36.5. The lowest BCUT2D eigenvalue weighted by Gasteiger charge is -2.13. The molecule has 1 heterocycles. The van der Waals surface area contributed by atoms with Crippen molar-refractivity contribution in [3.8, 4) is 11.8 Å². The van der Waals surface area contributed by atoms with Gasteiger partial charge in [-0.1, -0.05) is 12.1 Å². The van der Waals surface area contributed by atoms with E-state index in [1.54, 1.807) is 43.5 Å². The third-order valence-electron chi connectivity index (χ3n) is 6.34. The molecule has 2 aliphatic rings. The standard InChI is InChI=1S/C26H25N3O6/c1-34-10-9-28-24(32)18-7-8-22-19(12-18)26(15-35-22)13-20(26)25(33)29-21-11-16(14-27)5-6-17(21)3-2-4-23(30)31/h2,4-8,11-12,20H,3,9-10,13,15H2,1H3,(H,28,32)(H,29,33)(H,30,31)/t20-,26+/m0/s1. The van der Waals surface area contributed by atoms with E-state index in [9.17, 15) is 19.6 Å². The highest BCUT2D eigenvalue weighted by atomic mass is 16.5. The van der Waals surface area contributed by atoms with Gasteiger partial charge < -0.3 is 25.2 Å². The number of aliphatic carboxylic acids is 1. The van der Waals surface area contributed by atoms with Crippen LogP contribution in [0.1, 0.15) is 33.5 Å². The molecule has 1 aliphatic carbocycles. The maximum Gasteiger partial charge on any atom is 0.327 e. The number of carbonyl (C=O) groups excluding carboxylic acids is 2. The van der Waals surface area contributed by atoms with Crippen molar-refractivity contribution in [1.29, 1.82) is 5.26 Å². The van der Waals surface area contributed by atoms with Crippen molar-refractivity contribution < 1.29 is 29.0 Å². The zero-order chi connectivity index (χ0) is 25.0. The number of hydrogen-bond acceptors (Lipinski definition) is 6. The van der Waals surface area contributed by atoms with Crippen molar-refractivity contribution in [2.75, 3.05) is 32.2 Å². The molecule has 4 rings (SSSR count). The fourth-order valence-electron chi connectivity index (χ4n) is 4.39. The summed E-state index contributed by atoms with van der Waals surface area (Å²) in [6.07, 6.45) is 3.39. The molecule has 2 aromatic carbocycles. The molecule has 9 nitrogen and oxygen atoms in total. The zero-order valence-corrected chi connectivity index (χ0v) is 19.2. The van der Waals surface area contributed by atoms with Gasteiger partial charge in [-0.3, -0.25) is 9.59 Å². The molecule has 1 saturated carbocycles. The number of carbonyl (C=O) groups is 3. The first kappa shape index (κ1) is 24.0. The van der Waals surface area contributed by atoms with E-state index in [4.69, 9.17) is 14.6 Å². The van der Waals surface area contributed by atoms with E-state index in [2.05, 4.69) is 16.7 Å². The molecule has 0 bridgehead atoms. The van der Waals surface area contributed by atoms with E-state index in [0.29, 0.717) is 54.3 Å². The van der Waals surface area contributed by atoms with Gasteiger partial charge in [0.05, 0.1) is 30.8 Å². The normalized spacial score (nSPS) is 19.6. The van der Waals surface area contributed by atoms with E-state index < -0.39 is 11.4 Å². The molecule has 9 heteroatoms. The quantitative estimate of drug-likeness (QED) is 0.374. The van der Waals surface area contributed by atoms with Crippen molar-refractivity contribution in [3.63, 3.8) is 0 Å². The first-order chi connectivity index (χ1) is 16.9. The third-order valence-corrected chi connectivity index (χ3v) is 6.34. The van der Waals surface area contributed by atoms with Crippen LogP contribution < -0.4 is 15.4 Å². The van der Waals surface area contributed by atoms with Gasteiger partial charge in [0, 0.05) is 42.0 Å². The average molecular weight is 476 g/mol. The largest absolute Gasteiger partial charge is 0.492 e. The highest BCUT2D eigenvalue weighted by Crippen LogP contribution is 2.60. The molecule has 2 amide bonds. The summed E-state index contributed by atoms with van der Waals surface area (Å²) >= 11 is 0. The summed E-state index contributed by atoms with van der Waals surface area (Å²) < 4.78 is 10.8. The molecular weight excluding hydrogens is 450 g/mol. The van der Waals surface area contributed by atoms with Gasteiger partial charge >= 0.3 is 5.97 Å². The number of carboxylic acids is 1. The van der Waals surface area contributed by atoms with E-state index in [0.717, 1.165) is 11.6 Å². The molecule has 0 aromatic heterocycles. The van der Waals surface area contributed by atoms with Crippen molar-refractivity contribution in [1.82, 2.24) is 5.32 Å². The number of allylic oxidation sites excluding steroid dienone is 1. The minimum Gasteiger partial charge on any atom is -0.492 e. The fraction of sp³-hybridized carbons (Fsp3) is 0.308. The van der Waals surface area contributed by atoms with Crippen LogP contribution in [0, 0.1) is 17.2 Å². The maximum absolute atomic E-state index is 13.2. The number of carboxylic acid groups (broad SMARTS) is 1. The molecule has 35 heavy (non-hydrogen) atoms. The van der Waals surface area contributed by atoms with Crippen molar-refractivity contribution in [2.45, 2.75) is 18.3 Å². The lowest BCUT2D eigenvalue weighted by atomic mass is 9.93. The Hall–Kier alpha value is -4.16. The molecular formula is C26H25N3O6. The number of methoxy groups -OCH3 is 1. The maximum atomic E-state index is 13.2. The summed E-state index contributed by atoms with van der Waals surface area (Å²) in [7, 11) is 1.56. The van der Waals surface area contributed by atoms with Crippen LogP contribution in [0.5, 0.6) is 5.75 Å². The zero-order valence-electron chi connectivity index (χ0n) is 19.2. The number of hydrogen-bond donors (Lipinski definition) is 3. The van der Waals surface area contributed by atoms with Gasteiger partial charge in [-0.05, 0) is 48.7 Å². The van der Waals surface area contributed by atoms with Crippen LogP contribution in [0.25, 0.3) is 0 Å². The van der Waals surface area contributed by atoms with Crippen LogP contribution in [-0.2, 0) is 26.2 Å². The lowest BCUT2D eigenvalue weighted by molar-refractivity contribution is -0.131. The predicted molar refractivity (Wildman–Crippen MR) is 126 cm³/mol. The molecule has 0 radical (unpaired) electrons. The number of nitrogens with zero attached hydrogens (tertiary/aromatic N) is 1. The van der Waals surface area contributed by atoms with Gasteiger partial charge in [-0.2, -0.15) is 5.26 Å². The Bertz CT molecular complexity index is 1250. The lowest BCUT2D eigenvalue weighted by Crippen LogP contribution is -2.27. The number of ether oxygens (including phenoxy) is 2. The van der Waals surface area contributed by atoms with Gasteiger partial charge in [-0.25, -0.2) is 4.79 Å². The Kier molecular flexibility index (Phi) is 6.85. The minimum atomic E-state index is -1.06. The first-order valence-corrected chi connectivity index (χ1v) is 11.2. The van der Waals surface area contributed by atoms with Gasteiger partial charge in [0.15, 0.2) is 0 Å². The molecule has 0 unspecified atom stereocenters. The number of fused-ring (bicyclic) bond motifs is 2. The summed E-state index contributed by atoms with van der Waals surface area (Å²) in [5.74, 6) is -1.19. The Balaban J connectivity index is 1.51. The van der Waals surface area contributed by atoms with Gasteiger partial charge in [0.2, 0.25) is 5.91 Å². The number of amides is 2. The molecule has 1 fully saturated rings. The average Bonchev–Trinajstić information content (AvgIpc) is 3.48. The van der Waals surface area contributed by atoms with Crippen LogP contribution in [0.15, 0.2) is 48.6 Å². The summed E-state index contributed by atoms with van der Waals surface area (Å²) in [6.45, 7) is 1.15. The Morgan fingerprint density at radius 1 is 1.29 bits per heavy atom. The molecule has 2 atom stereocenters. The van der Waals surface area contributed by atoms with Gasteiger partial charge in [-0.15, -0.1) is 0 Å². The highest BCUT2D eigenvalue weighted by Gasteiger charge is 2.63. The molecule has 2 aromatic rings. The second-order valence-electron chi connectivity index (χ2n) is 8.58. The van der Waals surface area contributed by atoms with E-state index in [1.807, 2.05) is 0 Å². The van der Waals surface area contributed by atoms with Crippen molar-refractivity contribution in [3.05, 3.63) is 70.8 Å². The smallest absolute Gasteiger partial charge is 0.327 e. The van der Waals surface area contributed by atoms with Crippen molar-refractivity contribution in [2.24, 2.45) is 5.92 Å². The molecule has 1 aliphatic heterocycles. The van der Waals surface area contributed by atoms with Crippen LogP contribution in [0.2, 0.25) is 0 Å². The highest BCUT2D eigenvalue weighted by molar-refractivity contribution is 5.98. The number of benzene rings is 2. The number of rotatable bonds is 9. The van der Waals surface area contributed by atoms with Crippen LogP contribution >= 0.6 is 0 Å². The van der Waals surface area contributed by atoms with Crippen LogP contribution in [0.3, 0.4) is 0 Å². The van der Waals surface area contributed by atoms with E-state index in [-0.39, 0.29) is 24.2 Å².